The lowest BCUT2D eigenvalue weighted by Gasteiger charge is -2.41. The van der Waals surface area contributed by atoms with Crippen molar-refractivity contribution in [2.75, 3.05) is 54.1 Å². The Bertz CT molecular complexity index is 200. The third kappa shape index (κ3) is 4.54. The van der Waals surface area contributed by atoms with E-state index in [9.17, 15) is 0 Å². The number of hydrogen-bond acceptors (Lipinski definition) is 4. The van der Waals surface area contributed by atoms with Gasteiger partial charge in [-0.2, -0.15) is 0 Å². The standard InChI is InChI=1S/C13H28N2O2/c1-12(8-16-4)15(3)10-13(9-14-2)6-5-7-17-11-13/h12,14H,5-11H2,1-4H3. The Morgan fingerprint density at radius 1 is 1.53 bits per heavy atom. The zero-order valence-electron chi connectivity index (χ0n) is 11.8. The van der Waals surface area contributed by atoms with Gasteiger partial charge in [0.1, 0.15) is 0 Å². The van der Waals surface area contributed by atoms with Crippen molar-refractivity contribution in [3.05, 3.63) is 0 Å². The number of nitrogens with zero attached hydrogens (tertiary/aromatic N) is 1. The van der Waals surface area contributed by atoms with Crippen molar-refractivity contribution >= 4 is 0 Å². The molecule has 0 bridgehead atoms. The minimum atomic E-state index is 0.268. The molecule has 1 aliphatic heterocycles. The SMILES string of the molecule is CNCC1(CN(C)C(C)COC)CCCOC1. The second-order valence-corrected chi connectivity index (χ2v) is 5.41. The molecule has 102 valence electrons. The van der Waals surface area contributed by atoms with Crippen LogP contribution in [0.25, 0.3) is 0 Å². The van der Waals surface area contributed by atoms with Crippen LogP contribution >= 0.6 is 0 Å². The number of likely N-dealkylation sites (N-methyl/N-ethyl adjacent to an activating group) is 1. The summed E-state index contributed by atoms with van der Waals surface area (Å²) in [5.41, 5.74) is 0.268. The van der Waals surface area contributed by atoms with Gasteiger partial charge in [-0.1, -0.05) is 0 Å². The second kappa shape index (κ2) is 7.31. The van der Waals surface area contributed by atoms with Crippen molar-refractivity contribution < 1.29 is 9.47 Å². The van der Waals surface area contributed by atoms with Gasteiger partial charge in [0.25, 0.3) is 0 Å². The van der Waals surface area contributed by atoms with Crippen LogP contribution in [0.1, 0.15) is 19.8 Å². The molecule has 4 heteroatoms. The zero-order valence-corrected chi connectivity index (χ0v) is 11.8. The molecule has 1 saturated heterocycles. The molecule has 1 fully saturated rings. The average Bonchev–Trinajstić information content (AvgIpc) is 2.30. The van der Waals surface area contributed by atoms with Crippen molar-refractivity contribution in [1.29, 1.82) is 0 Å². The molecule has 0 aromatic carbocycles. The minimum Gasteiger partial charge on any atom is -0.383 e. The number of hydrogen-bond donors (Lipinski definition) is 1. The maximum absolute atomic E-state index is 5.68. The van der Waals surface area contributed by atoms with Crippen LogP contribution in [0.15, 0.2) is 0 Å². The number of rotatable bonds is 7. The van der Waals surface area contributed by atoms with E-state index in [2.05, 4.69) is 24.2 Å². The Morgan fingerprint density at radius 3 is 2.82 bits per heavy atom. The van der Waals surface area contributed by atoms with Crippen LogP contribution in [0.4, 0.5) is 0 Å². The summed E-state index contributed by atoms with van der Waals surface area (Å²) in [4.78, 5) is 2.38. The first-order valence-corrected chi connectivity index (χ1v) is 6.55. The van der Waals surface area contributed by atoms with Crippen molar-refractivity contribution in [2.45, 2.75) is 25.8 Å². The fourth-order valence-electron chi connectivity index (χ4n) is 2.66. The lowest BCUT2D eigenvalue weighted by molar-refractivity contribution is -0.0309. The monoisotopic (exact) mass is 244 g/mol. The van der Waals surface area contributed by atoms with E-state index in [0.717, 1.165) is 32.9 Å². The predicted molar refractivity (Wildman–Crippen MR) is 70.4 cm³/mol. The van der Waals surface area contributed by atoms with Gasteiger partial charge in [0.2, 0.25) is 0 Å². The number of methoxy groups -OCH3 is 1. The highest BCUT2D eigenvalue weighted by molar-refractivity contribution is 4.87. The molecule has 0 aromatic rings. The van der Waals surface area contributed by atoms with Crippen LogP contribution in [0.2, 0.25) is 0 Å². The van der Waals surface area contributed by atoms with Gasteiger partial charge >= 0.3 is 0 Å². The topological polar surface area (TPSA) is 33.7 Å². The van der Waals surface area contributed by atoms with E-state index in [-0.39, 0.29) is 5.41 Å². The molecule has 4 nitrogen and oxygen atoms in total. The summed E-state index contributed by atoms with van der Waals surface area (Å²) in [5, 5.41) is 3.32. The molecule has 0 spiro atoms. The van der Waals surface area contributed by atoms with E-state index in [4.69, 9.17) is 9.47 Å². The summed E-state index contributed by atoms with van der Waals surface area (Å²) in [6.45, 7) is 6.88. The third-order valence-electron chi connectivity index (χ3n) is 3.70. The Labute approximate surface area is 106 Å². The van der Waals surface area contributed by atoms with E-state index < -0.39 is 0 Å². The van der Waals surface area contributed by atoms with Crippen molar-refractivity contribution in [3.63, 3.8) is 0 Å². The summed E-state index contributed by atoms with van der Waals surface area (Å²) in [5.74, 6) is 0. The fourth-order valence-corrected chi connectivity index (χ4v) is 2.66. The largest absolute Gasteiger partial charge is 0.383 e. The van der Waals surface area contributed by atoms with E-state index in [1.54, 1.807) is 7.11 Å². The van der Waals surface area contributed by atoms with Gasteiger partial charge in [-0.15, -0.1) is 0 Å². The van der Waals surface area contributed by atoms with Gasteiger partial charge in [-0.25, -0.2) is 0 Å². The normalized spacial score (nSPS) is 27.4. The Morgan fingerprint density at radius 2 is 2.29 bits per heavy atom. The van der Waals surface area contributed by atoms with Crippen molar-refractivity contribution in [3.8, 4) is 0 Å². The first kappa shape index (κ1) is 14.9. The molecule has 2 atom stereocenters. The fraction of sp³-hybridized carbons (Fsp3) is 1.00. The van der Waals surface area contributed by atoms with Gasteiger partial charge in [0, 0.05) is 38.3 Å². The maximum atomic E-state index is 5.68. The van der Waals surface area contributed by atoms with E-state index in [0.29, 0.717) is 6.04 Å². The highest BCUT2D eigenvalue weighted by atomic mass is 16.5. The molecular weight excluding hydrogens is 216 g/mol. The second-order valence-electron chi connectivity index (χ2n) is 5.41. The summed E-state index contributed by atoms with van der Waals surface area (Å²) in [6.07, 6.45) is 2.42. The van der Waals surface area contributed by atoms with Gasteiger partial charge in [0.15, 0.2) is 0 Å². The molecule has 1 N–H and O–H groups in total. The van der Waals surface area contributed by atoms with E-state index >= 15 is 0 Å². The van der Waals surface area contributed by atoms with Gasteiger partial charge in [-0.3, -0.25) is 0 Å². The summed E-state index contributed by atoms with van der Waals surface area (Å²) < 4.78 is 10.9. The molecule has 0 saturated carbocycles. The van der Waals surface area contributed by atoms with Crippen LogP contribution in [0.5, 0.6) is 0 Å². The van der Waals surface area contributed by atoms with Crippen molar-refractivity contribution in [2.24, 2.45) is 5.41 Å². The quantitative estimate of drug-likeness (QED) is 0.723. The molecule has 0 amide bonds. The molecule has 0 aliphatic carbocycles. The molecule has 1 rings (SSSR count). The highest BCUT2D eigenvalue weighted by Gasteiger charge is 2.34. The van der Waals surface area contributed by atoms with Gasteiger partial charge in [-0.05, 0) is 33.9 Å². The molecule has 17 heavy (non-hydrogen) atoms. The summed E-state index contributed by atoms with van der Waals surface area (Å²) >= 11 is 0. The van der Waals surface area contributed by atoms with Crippen LogP contribution in [0, 0.1) is 5.41 Å². The Balaban J connectivity index is 2.52. The Kier molecular flexibility index (Phi) is 6.41. The number of nitrogens with one attached hydrogen (secondary N) is 1. The molecule has 0 aromatic heterocycles. The number of ether oxygens (including phenoxy) is 2. The van der Waals surface area contributed by atoms with Crippen LogP contribution in [-0.4, -0.2) is 65.1 Å². The van der Waals surface area contributed by atoms with Crippen LogP contribution in [-0.2, 0) is 9.47 Å². The lowest BCUT2D eigenvalue weighted by Crippen LogP contribution is -2.50. The zero-order chi connectivity index (χ0) is 12.7. The lowest BCUT2D eigenvalue weighted by atomic mass is 9.81. The molecule has 1 heterocycles. The predicted octanol–water partition coefficient (Wildman–Crippen LogP) is 0.969. The Hall–Kier alpha value is -0.160. The van der Waals surface area contributed by atoms with Crippen LogP contribution < -0.4 is 5.32 Å². The first-order chi connectivity index (χ1) is 8.13. The molecular formula is C13H28N2O2. The van der Waals surface area contributed by atoms with Gasteiger partial charge < -0.3 is 19.7 Å². The summed E-state index contributed by atoms with van der Waals surface area (Å²) in [7, 11) is 5.96. The molecule has 1 aliphatic rings. The van der Waals surface area contributed by atoms with E-state index in [1.165, 1.54) is 12.8 Å². The first-order valence-electron chi connectivity index (χ1n) is 6.55. The maximum Gasteiger partial charge on any atom is 0.0615 e. The van der Waals surface area contributed by atoms with Gasteiger partial charge in [0.05, 0.1) is 13.2 Å². The third-order valence-corrected chi connectivity index (χ3v) is 3.70. The highest BCUT2D eigenvalue weighted by Crippen LogP contribution is 2.29. The van der Waals surface area contributed by atoms with Crippen molar-refractivity contribution in [1.82, 2.24) is 10.2 Å². The van der Waals surface area contributed by atoms with E-state index in [1.807, 2.05) is 7.05 Å². The van der Waals surface area contributed by atoms with Crippen LogP contribution in [0.3, 0.4) is 0 Å². The smallest absolute Gasteiger partial charge is 0.0615 e. The molecule has 0 radical (unpaired) electrons. The average molecular weight is 244 g/mol. The minimum absolute atomic E-state index is 0.268. The molecule has 2 unspecified atom stereocenters. The summed E-state index contributed by atoms with van der Waals surface area (Å²) in [6, 6.07) is 0.454.